The van der Waals surface area contributed by atoms with Crippen molar-refractivity contribution in [1.82, 2.24) is 14.9 Å². The molecule has 4 heteroatoms. The van der Waals surface area contributed by atoms with Gasteiger partial charge in [-0.3, -0.25) is 0 Å². The summed E-state index contributed by atoms with van der Waals surface area (Å²) in [7, 11) is 3.98. The van der Waals surface area contributed by atoms with E-state index < -0.39 is 0 Å². The summed E-state index contributed by atoms with van der Waals surface area (Å²) < 4.78 is 0. The van der Waals surface area contributed by atoms with Gasteiger partial charge in [0.2, 0.25) is 0 Å². The van der Waals surface area contributed by atoms with E-state index in [4.69, 9.17) is 5.73 Å². The van der Waals surface area contributed by atoms with E-state index in [9.17, 15) is 0 Å². The summed E-state index contributed by atoms with van der Waals surface area (Å²) in [5, 5.41) is 0. The Balaban J connectivity index is 2.79. The molecule has 2 N–H and O–H groups in total. The third-order valence-corrected chi connectivity index (χ3v) is 1.65. The predicted molar refractivity (Wildman–Crippen MR) is 52.0 cm³/mol. The molecule has 13 heavy (non-hydrogen) atoms. The molecule has 0 bridgehead atoms. The minimum Gasteiger partial charge on any atom is -0.323 e. The molecule has 0 aromatic carbocycles. The van der Waals surface area contributed by atoms with Gasteiger partial charge in [0.25, 0.3) is 0 Å². The molecule has 0 aliphatic carbocycles. The zero-order valence-electron chi connectivity index (χ0n) is 8.36. The smallest absolute Gasteiger partial charge is 0.142 e. The fourth-order valence-electron chi connectivity index (χ4n) is 1.03. The number of hydrogen-bond acceptors (Lipinski definition) is 4. The molecule has 0 aliphatic heterocycles. The maximum absolute atomic E-state index is 5.71. The highest BCUT2D eigenvalue weighted by Crippen LogP contribution is 2.05. The van der Waals surface area contributed by atoms with Crippen molar-refractivity contribution in [1.29, 1.82) is 0 Å². The van der Waals surface area contributed by atoms with Gasteiger partial charge in [-0.2, -0.15) is 0 Å². The molecule has 1 heterocycles. The van der Waals surface area contributed by atoms with Gasteiger partial charge in [0.05, 0.1) is 12.2 Å². The first-order chi connectivity index (χ1) is 6.09. The van der Waals surface area contributed by atoms with Gasteiger partial charge in [-0.1, -0.05) is 0 Å². The van der Waals surface area contributed by atoms with Gasteiger partial charge in [0.15, 0.2) is 0 Å². The minimum atomic E-state index is -0.0242. The van der Waals surface area contributed by atoms with E-state index in [0.29, 0.717) is 0 Å². The van der Waals surface area contributed by atoms with Crippen LogP contribution < -0.4 is 5.73 Å². The van der Waals surface area contributed by atoms with Crippen molar-refractivity contribution in [3.8, 4) is 0 Å². The predicted octanol–water partition coefficient (Wildman–Crippen LogP) is 0.558. The van der Waals surface area contributed by atoms with Crippen LogP contribution in [0.2, 0.25) is 0 Å². The van der Waals surface area contributed by atoms with E-state index in [0.717, 1.165) is 18.1 Å². The second-order valence-corrected chi connectivity index (χ2v) is 3.42. The fraction of sp³-hybridized carbons (Fsp3) is 0.556. The molecular weight excluding hydrogens is 164 g/mol. The van der Waals surface area contributed by atoms with E-state index in [1.54, 1.807) is 6.20 Å². The van der Waals surface area contributed by atoms with Gasteiger partial charge in [-0.05, 0) is 27.1 Å². The first-order valence-corrected chi connectivity index (χ1v) is 4.31. The van der Waals surface area contributed by atoms with Crippen molar-refractivity contribution in [2.45, 2.75) is 19.5 Å². The van der Waals surface area contributed by atoms with Gasteiger partial charge in [0, 0.05) is 12.2 Å². The van der Waals surface area contributed by atoms with E-state index >= 15 is 0 Å². The van der Waals surface area contributed by atoms with Crippen LogP contribution in [0.3, 0.4) is 0 Å². The summed E-state index contributed by atoms with van der Waals surface area (Å²) in [4.78, 5) is 10.5. The molecular formula is C9H16N4. The number of nitrogens with zero attached hydrogens (tertiary/aromatic N) is 3. The fourth-order valence-corrected chi connectivity index (χ4v) is 1.03. The van der Waals surface area contributed by atoms with Crippen LogP contribution in [0.5, 0.6) is 0 Å². The largest absolute Gasteiger partial charge is 0.323 e. The number of rotatable bonds is 3. The molecule has 0 aliphatic rings. The lowest BCUT2D eigenvalue weighted by molar-refractivity contribution is 0.389. The van der Waals surface area contributed by atoms with Crippen LogP contribution in [0.4, 0.5) is 0 Å². The van der Waals surface area contributed by atoms with Gasteiger partial charge in [0.1, 0.15) is 5.82 Å². The Morgan fingerprint density at radius 3 is 2.77 bits per heavy atom. The van der Waals surface area contributed by atoms with Gasteiger partial charge >= 0.3 is 0 Å². The maximum atomic E-state index is 5.71. The minimum absolute atomic E-state index is 0.0242. The molecule has 0 fully saturated rings. The van der Waals surface area contributed by atoms with Crippen molar-refractivity contribution in [3.63, 3.8) is 0 Å². The highest BCUT2D eigenvalue weighted by Gasteiger charge is 2.03. The normalized spacial score (nSPS) is 13.3. The summed E-state index contributed by atoms with van der Waals surface area (Å²) >= 11 is 0. The van der Waals surface area contributed by atoms with Crippen LogP contribution in [0.25, 0.3) is 0 Å². The van der Waals surface area contributed by atoms with E-state index in [2.05, 4.69) is 9.97 Å². The zero-order chi connectivity index (χ0) is 9.84. The Kier molecular flexibility index (Phi) is 3.33. The Morgan fingerprint density at radius 1 is 1.54 bits per heavy atom. The van der Waals surface area contributed by atoms with Crippen molar-refractivity contribution >= 4 is 0 Å². The first-order valence-electron chi connectivity index (χ1n) is 4.31. The van der Waals surface area contributed by atoms with E-state index in [1.807, 2.05) is 32.0 Å². The molecule has 0 saturated heterocycles. The molecule has 4 nitrogen and oxygen atoms in total. The van der Waals surface area contributed by atoms with E-state index in [-0.39, 0.29) is 6.04 Å². The second-order valence-electron chi connectivity index (χ2n) is 3.42. The number of hydrogen-bond donors (Lipinski definition) is 1. The SMILES string of the molecule is CC(N)c1ccnc(CN(C)C)n1. The van der Waals surface area contributed by atoms with Crippen LogP contribution in [0.1, 0.15) is 24.5 Å². The molecule has 0 spiro atoms. The van der Waals surface area contributed by atoms with Gasteiger partial charge in [-0.15, -0.1) is 0 Å². The second kappa shape index (κ2) is 4.30. The molecule has 72 valence electrons. The van der Waals surface area contributed by atoms with Crippen molar-refractivity contribution in [3.05, 3.63) is 23.8 Å². The zero-order valence-corrected chi connectivity index (χ0v) is 8.36. The molecule has 0 amide bonds. The van der Waals surface area contributed by atoms with Crippen molar-refractivity contribution in [2.24, 2.45) is 5.73 Å². The molecule has 1 aromatic rings. The summed E-state index contributed by atoms with van der Waals surface area (Å²) in [6.07, 6.45) is 1.75. The molecule has 0 radical (unpaired) electrons. The molecule has 1 atom stereocenters. The maximum Gasteiger partial charge on any atom is 0.142 e. The molecule has 1 aromatic heterocycles. The monoisotopic (exact) mass is 180 g/mol. The average molecular weight is 180 g/mol. The lowest BCUT2D eigenvalue weighted by Crippen LogP contribution is -2.15. The standard InChI is InChI=1S/C9H16N4/c1-7(10)8-4-5-11-9(12-8)6-13(2)3/h4-5,7H,6,10H2,1-3H3. The lowest BCUT2D eigenvalue weighted by Gasteiger charge is -2.10. The lowest BCUT2D eigenvalue weighted by atomic mass is 10.2. The summed E-state index contributed by atoms with van der Waals surface area (Å²) in [6.45, 7) is 2.67. The van der Waals surface area contributed by atoms with Crippen LogP contribution in [0.15, 0.2) is 12.3 Å². The Morgan fingerprint density at radius 2 is 2.23 bits per heavy atom. The average Bonchev–Trinajstić information content (AvgIpc) is 2.03. The quantitative estimate of drug-likeness (QED) is 0.738. The third kappa shape index (κ3) is 3.08. The number of aromatic nitrogens is 2. The Bertz CT molecular complexity index is 270. The summed E-state index contributed by atoms with van der Waals surface area (Å²) in [5.74, 6) is 0.819. The van der Waals surface area contributed by atoms with E-state index in [1.165, 1.54) is 0 Å². The first kappa shape index (κ1) is 10.1. The van der Waals surface area contributed by atoms with Gasteiger partial charge in [-0.25, -0.2) is 9.97 Å². The highest BCUT2D eigenvalue weighted by molar-refractivity contribution is 5.05. The molecule has 1 rings (SSSR count). The summed E-state index contributed by atoms with van der Waals surface area (Å²) in [5.41, 5.74) is 6.60. The van der Waals surface area contributed by atoms with Crippen LogP contribution in [-0.2, 0) is 6.54 Å². The van der Waals surface area contributed by atoms with Crippen molar-refractivity contribution < 1.29 is 0 Å². The van der Waals surface area contributed by atoms with Crippen LogP contribution in [0, 0.1) is 0 Å². The molecule has 1 unspecified atom stereocenters. The van der Waals surface area contributed by atoms with Crippen LogP contribution >= 0.6 is 0 Å². The van der Waals surface area contributed by atoms with Crippen molar-refractivity contribution in [2.75, 3.05) is 14.1 Å². The topological polar surface area (TPSA) is 55.0 Å². The summed E-state index contributed by atoms with van der Waals surface area (Å²) in [6, 6.07) is 1.83. The Hall–Kier alpha value is -1.00. The molecule has 0 saturated carbocycles. The van der Waals surface area contributed by atoms with Crippen LogP contribution in [-0.4, -0.2) is 29.0 Å². The number of nitrogens with two attached hydrogens (primary N) is 1. The Labute approximate surface area is 78.8 Å². The van der Waals surface area contributed by atoms with Gasteiger partial charge < -0.3 is 10.6 Å². The third-order valence-electron chi connectivity index (χ3n) is 1.65. The highest BCUT2D eigenvalue weighted by atomic mass is 15.1.